The minimum atomic E-state index is -0.746. The van der Waals surface area contributed by atoms with Crippen molar-refractivity contribution in [3.8, 4) is 11.6 Å². The van der Waals surface area contributed by atoms with Crippen LogP contribution in [-0.2, 0) is 9.47 Å². The van der Waals surface area contributed by atoms with Gasteiger partial charge in [0.2, 0.25) is 12.7 Å². The summed E-state index contributed by atoms with van der Waals surface area (Å²) < 4.78 is 21.3. The maximum atomic E-state index is 11.5. The highest BCUT2D eigenvalue weighted by Gasteiger charge is 2.19. The van der Waals surface area contributed by atoms with Crippen LogP contribution in [0.25, 0.3) is 10.9 Å². The van der Waals surface area contributed by atoms with Crippen LogP contribution in [0, 0.1) is 0 Å². The Hall–Kier alpha value is -2.94. The highest BCUT2D eigenvalue weighted by Crippen LogP contribution is 2.33. The number of anilines is 1. The number of carbonyl (C=O) groups is 1. The van der Waals surface area contributed by atoms with Crippen LogP contribution in [0.4, 0.5) is 10.5 Å². The molecule has 1 aliphatic rings. The molecule has 0 atom stereocenters. The third kappa shape index (κ3) is 8.78. The molecule has 1 fully saturated rings. The molecule has 0 N–H and O–H groups in total. The summed E-state index contributed by atoms with van der Waals surface area (Å²) in [5, 5.41) is 2.19. The third-order valence-electron chi connectivity index (χ3n) is 6.52. The van der Waals surface area contributed by atoms with Crippen molar-refractivity contribution in [3.05, 3.63) is 58.6 Å². The molecule has 0 aliphatic carbocycles. The number of unbranched alkanes of at least 4 members (excludes halogenated alkanes) is 2. The summed E-state index contributed by atoms with van der Waals surface area (Å²) in [6.45, 7) is 7.62. The quantitative estimate of drug-likeness (QED) is 0.125. The summed E-state index contributed by atoms with van der Waals surface area (Å²) in [4.78, 5) is 20.8. The SMILES string of the molecule is CCCCOC(=O)OCOc1ccc2ccc(OCCCCN3CCN(c4cccc(Cl)c4Cl)CC3)cc2n1. The fourth-order valence-electron chi connectivity index (χ4n) is 4.30. The van der Waals surface area contributed by atoms with Gasteiger partial charge in [0.15, 0.2) is 0 Å². The summed E-state index contributed by atoms with van der Waals surface area (Å²) in [5.74, 6) is 1.12. The van der Waals surface area contributed by atoms with E-state index in [0.29, 0.717) is 29.1 Å². The first kappa shape index (κ1) is 29.1. The van der Waals surface area contributed by atoms with E-state index in [9.17, 15) is 4.79 Å². The second kappa shape index (κ2) is 15.0. The Morgan fingerprint density at radius 1 is 0.923 bits per heavy atom. The van der Waals surface area contributed by atoms with E-state index in [1.165, 1.54) is 0 Å². The molecule has 0 amide bonds. The van der Waals surface area contributed by atoms with Crippen molar-refractivity contribution in [3.63, 3.8) is 0 Å². The van der Waals surface area contributed by atoms with Gasteiger partial charge in [0.25, 0.3) is 0 Å². The number of piperazine rings is 1. The van der Waals surface area contributed by atoms with E-state index in [0.717, 1.165) is 80.7 Å². The maximum absolute atomic E-state index is 11.5. The van der Waals surface area contributed by atoms with E-state index < -0.39 is 6.16 Å². The number of carbonyl (C=O) groups excluding carboxylic acids is 1. The summed E-state index contributed by atoms with van der Waals surface area (Å²) in [5.41, 5.74) is 1.75. The van der Waals surface area contributed by atoms with Gasteiger partial charge in [-0.1, -0.05) is 42.6 Å². The first-order valence-electron chi connectivity index (χ1n) is 13.4. The van der Waals surface area contributed by atoms with Crippen LogP contribution in [0.2, 0.25) is 10.0 Å². The fraction of sp³-hybridized carbons (Fsp3) is 0.448. The van der Waals surface area contributed by atoms with E-state index >= 15 is 0 Å². The Kier molecular flexibility index (Phi) is 11.2. The number of halogens is 2. The van der Waals surface area contributed by atoms with E-state index in [4.69, 9.17) is 42.1 Å². The van der Waals surface area contributed by atoms with Gasteiger partial charge in [0.1, 0.15) is 5.75 Å². The summed E-state index contributed by atoms with van der Waals surface area (Å²) in [7, 11) is 0. The molecule has 0 radical (unpaired) electrons. The van der Waals surface area contributed by atoms with Gasteiger partial charge in [-0.3, -0.25) is 4.90 Å². The van der Waals surface area contributed by atoms with Crippen molar-refractivity contribution in [2.75, 3.05) is 57.6 Å². The fourth-order valence-corrected chi connectivity index (χ4v) is 4.72. The lowest BCUT2D eigenvalue weighted by atomic mass is 10.2. The molecule has 8 nitrogen and oxygen atoms in total. The number of fused-ring (bicyclic) bond motifs is 1. The van der Waals surface area contributed by atoms with E-state index in [-0.39, 0.29) is 6.79 Å². The zero-order valence-corrected chi connectivity index (χ0v) is 23.8. The minimum absolute atomic E-state index is 0.261. The molecule has 0 spiro atoms. The van der Waals surface area contributed by atoms with Gasteiger partial charge in [-0.25, -0.2) is 9.78 Å². The molecule has 3 aromatic rings. The first-order valence-corrected chi connectivity index (χ1v) is 14.2. The molecule has 0 unspecified atom stereocenters. The Labute approximate surface area is 239 Å². The average molecular weight is 577 g/mol. The number of pyridine rings is 1. The summed E-state index contributed by atoms with van der Waals surface area (Å²) in [6, 6.07) is 15.2. The smallest absolute Gasteiger partial charge is 0.494 e. The highest BCUT2D eigenvalue weighted by molar-refractivity contribution is 6.43. The molecule has 210 valence electrons. The lowest BCUT2D eigenvalue weighted by Crippen LogP contribution is -2.46. The molecule has 4 rings (SSSR count). The van der Waals surface area contributed by atoms with Crippen molar-refractivity contribution in [2.24, 2.45) is 0 Å². The van der Waals surface area contributed by atoms with Crippen molar-refractivity contribution in [1.82, 2.24) is 9.88 Å². The average Bonchev–Trinajstić information content (AvgIpc) is 2.95. The van der Waals surface area contributed by atoms with Crippen molar-refractivity contribution in [2.45, 2.75) is 32.6 Å². The van der Waals surface area contributed by atoms with Crippen molar-refractivity contribution >= 4 is 45.9 Å². The molecule has 0 saturated carbocycles. The Morgan fingerprint density at radius 3 is 2.56 bits per heavy atom. The maximum Gasteiger partial charge on any atom is 0.511 e. The monoisotopic (exact) mass is 575 g/mol. The number of hydrogen-bond donors (Lipinski definition) is 0. The van der Waals surface area contributed by atoms with Crippen LogP contribution in [0.3, 0.4) is 0 Å². The molecule has 10 heteroatoms. The second-order valence-corrected chi connectivity index (χ2v) is 10.1. The van der Waals surface area contributed by atoms with Crippen molar-refractivity contribution in [1.29, 1.82) is 0 Å². The Balaban J connectivity index is 1.15. The summed E-state index contributed by atoms with van der Waals surface area (Å²) in [6.07, 6.45) is 3.01. The van der Waals surface area contributed by atoms with Crippen LogP contribution in [0.5, 0.6) is 11.6 Å². The van der Waals surface area contributed by atoms with Gasteiger partial charge in [0.05, 0.1) is 34.5 Å². The molecule has 1 saturated heterocycles. The molecule has 1 aromatic heterocycles. The van der Waals surface area contributed by atoms with Crippen LogP contribution in [0.15, 0.2) is 48.5 Å². The van der Waals surface area contributed by atoms with Crippen LogP contribution < -0.4 is 14.4 Å². The van der Waals surface area contributed by atoms with Crippen LogP contribution >= 0.6 is 23.2 Å². The standard InChI is InChI=1S/C29H35Cl2N3O5/c1-2-3-18-37-29(35)39-21-38-27-12-10-22-9-11-23(20-25(22)32-27)36-19-5-4-13-33-14-16-34(17-15-33)26-8-6-7-24(30)28(26)31/h6-12,20H,2-5,13-19,21H2,1H3. The minimum Gasteiger partial charge on any atom is -0.494 e. The van der Waals surface area contributed by atoms with E-state index in [1.54, 1.807) is 6.07 Å². The van der Waals surface area contributed by atoms with Gasteiger partial charge in [-0.2, -0.15) is 0 Å². The molecule has 0 bridgehead atoms. The van der Waals surface area contributed by atoms with Gasteiger partial charge in [-0.15, -0.1) is 0 Å². The lowest BCUT2D eigenvalue weighted by molar-refractivity contribution is 0.00285. The van der Waals surface area contributed by atoms with Gasteiger partial charge < -0.3 is 23.8 Å². The zero-order chi connectivity index (χ0) is 27.5. The van der Waals surface area contributed by atoms with E-state index in [1.807, 2.05) is 49.4 Å². The zero-order valence-electron chi connectivity index (χ0n) is 22.2. The summed E-state index contributed by atoms with van der Waals surface area (Å²) >= 11 is 12.6. The topological polar surface area (TPSA) is 73.4 Å². The Bertz CT molecular complexity index is 1220. The second-order valence-electron chi connectivity index (χ2n) is 9.32. The van der Waals surface area contributed by atoms with Gasteiger partial charge >= 0.3 is 6.16 Å². The normalized spacial score (nSPS) is 13.9. The molecular formula is C29H35Cl2N3O5. The number of aromatic nitrogens is 1. The number of benzene rings is 2. The predicted octanol–water partition coefficient (Wildman–Crippen LogP) is 6.81. The highest BCUT2D eigenvalue weighted by atomic mass is 35.5. The number of ether oxygens (including phenoxy) is 4. The molecule has 2 aromatic carbocycles. The lowest BCUT2D eigenvalue weighted by Gasteiger charge is -2.36. The number of rotatable bonds is 13. The molecule has 39 heavy (non-hydrogen) atoms. The number of hydrogen-bond acceptors (Lipinski definition) is 8. The largest absolute Gasteiger partial charge is 0.511 e. The number of nitrogens with zero attached hydrogens (tertiary/aromatic N) is 3. The van der Waals surface area contributed by atoms with Crippen LogP contribution in [-0.4, -0.2) is 68.8 Å². The van der Waals surface area contributed by atoms with Crippen LogP contribution in [0.1, 0.15) is 32.6 Å². The van der Waals surface area contributed by atoms with E-state index in [2.05, 4.69) is 14.8 Å². The third-order valence-corrected chi connectivity index (χ3v) is 7.33. The predicted molar refractivity (Wildman–Crippen MR) is 154 cm³/mol. The molecule has 1 aliphatic heterocycles. The molecular weight excluding hydrogens is 541 g/mol. The van der Waals surface area contributed by atoms with Gasteiger partial charge in [0, 0.05) is 43.7 Å². The first-order chi connectivity index (χ1) is 19.0. The van der Waals surface area contributed by atoms with Crippen molar-refractivity contribution < 1.29 is 23.7 Å². The van der Waals surface area contributed by atoms with Gasteiger partial charge in [-0.05, 0) is 56.1 Å². The Morgan fingerprint density at radius 2 is 1.74 bits per heavy atom. The molecule has 2 heterocycles.